The number of carbonyl (C=O) groups excluding carboxylic acids is 1. The molecule has 0 aliphatic heterocycles. The molecule has 1 rings (SSSR count). The van der Waals surface area contributed by atoms with E-state index < -0.39 is 5.97 Å². The largest absolute Gasteiger partial charge is 0.481 e. The van der Waals surface area contributed by atoms with Crippen molar-refractivity contribution in [2.24, 2.45) is 0 Å². The van der Waals surface area contributed by atoms with Gasteiger partial charge in [-0.25, -0.2) is 0 Å². The van der Waals surface area contributed by atoms with Crippen molar-refractivity contribution in [3.8, 4) is 6.07 Å². The minimum absolute atomic E-state index is 0.108. The number of amides is 1. The number of nitrogens with zero attached hydrogens (tertiary/aromatic N) is 2. The molecule has 0 saturated carbocycles. The number of rotatable bonds is 7. The van der Waals surface area contributed by atoms with Crippen LogP contribution in [0.5, 0.6) is 0 Å². The molecule has 0 aromatic heterocycles. The molecule has 106 valence electrons. The van der Waals surface area contributed by atoms with Crippen LogP contribution in [-0.4, -0.2) is 35.0 Å². The van der Waals surface area contributed by atoms with Crippen LogP contribution in [0.2, 0.25) is 0 Å². The summed E-state index contributed by atoms with van der Waals surface area (Å²) in [5.41, 5.74) is 1.63. The topological polar surface area (TPSA) is 81.4 Å². The summed E-state index contributed by atoms with van der Waals surface area (Å²) in [5.74, 6) is -0.713. The highest BCUT2D eigenvalue weighted by Crippen LogP contribution is 2.20. The van der Waals surface area contributed by atoms with E-state index in [9.17, 15) is 9.59 Å². The van der Waals surface area contributed by atoms with Gasteiger partial charge >= 0.3 is 5.97 Å². The van der Waals surface area contributed by atoms with Gasteiger partial charge in [0.2, 0.25) is 5.91 Å². The second kappa shape index (κ2) is 8.23. The Morgan fingerprint density at radius 2 is 2.10 bits per heavy atom. The Kier molecular flexibility index (Phi) is 6.60. The molecule has 1 aromatic rings. The first kappa shape index (κ1) is 16.1. The fraction of sp³-hybridized carbons (Fsp3) is 0.357. The molecule has 20 heavy (non-hydrogen) atoms. The van der Waals surface area contributed by atoms with E-state index in [1.165, 1.54) is 16.7 Å². The number of carboxylic acid groups (broad SMARTS) is 1. The van der Waals surface area contributed by atoms with Gasteiger partial charge in [-0.2, -0.15) is 5.26 Å². The first-order chi connectivity index (χ1) is 9.56. The van der Waals surface area contributed by atoms with Crippen LogP contribution >= 0.6 is 11.8 Å². The monoisotopic (exact) mass is 292 g/mol. The van der Waals surface area contributed by atoms with Gasteiger partial charge in [0, 0.05) is 12.2 Å². The summed E-state index contributed by atoms with van der Waals surface area (Å²) in [6, 6.07) is 9.31. The molecule has 1 N–H and O–H groups in total. The van der Waals surface area contributed by atoms with E-state index in [2.05, 4.69) is 0 Å². The molecule has 6 heteroatoms. The Balaban J connectivity index is 2.85. The number of para-hydroxylation sites is 1. The van der Waals surface area contributed by atoms with Gasteiger partial charge in [0.1, 0.15) is 0 Å². The minimum atomic E-state index is -0.943. The lowest BCUT2D eigenvalue weighted by molar-refractivity contribution is -0.136. The lowest BCUT2D eigenvalue weighted by Crippen LogP contribution is -2.35. The Hall–Kier alpha value is -2.00. The maximum absolute atomic E-state index is 12.2. The average molecular weight is 292 g/mol. The second-order valence-electron chi connectivity index (χ2n) is 4.13. The molecular formula is C14H16N2O3S. The Labute approximate surface area is 122 Å². The predicted octanol–water partition coefficient (Wildman–Crippen LogP) is 2.06. The smallest absolute Gasteiger partial charge is 0.305 e. The van der Waals surface area contributed by atoms with Crippen molar-refractivity contribution in [1.29, 1.82) is 5.26 Å². The first-order valence-corrected chi connectivity index (χ1v) is 7.24. The Bertz CT molecular complexity index is 525. The van der Waals surface area contributed by atoms with Crippen molar-refractivity contribution < 1.29 is 14.7 Å². The van der Waals surface area contributed by atoms with E-state index in [-0.39, 0.29) is 30.4 Å². The van der Waals surface area contributed by atoms with Crippen LogP contribution < -0.4 is 4.90 Å². The van der Waals surface area contributed by atoms with Gasteiger partial charge in [-0.1, -0.05) is 18.2 Å². The van der Waals surface area contributed by atoms with Crippen molar-refractivity contribution >= 4 is 29.3 Å². The summed E-state index contributed by atoms with van der Waals surface area (Å²) in [5, 5.41) is 17.3. The maximum Gasteiger partial charge on any atom is 0.305 e. The highest BCUT2D eigenvalue weighted by Gasteiger charge is 2.18. The summed E-state index contributed by atoms with van der Waals surface area (Å²) < 4.78 is 0. The highest BCUT2D eigenvalue weighted by molar-refractivity contribution is 8.00. The lowest BCUT2D eigenvalue weighted by Gasteiger charge is -2.23. The quantitative estimate of drug-likeness (QED) is 0.778. The molecule has 0 unspecified atom stereocenters. The summed E-state index contributed by atoms with van der Waals surface area (Å²) in [6.07, 6.45) is -0.108. The lowest BCUT2D eigenvalue weighted by atomic mass is 10.1. The molecule has 0 aliphatic rings. The number of hydrogen-bond acceptors (Lipinski definition) is 4. The van der Waals surface area contributed by atoms with Crippen molar-refractivity contribution in [2.45, 2.75) is 13.3 Å². The van der Waals surface area contributed by atoms with Crippen LogP contribution in [0.1, 0.15) is 12.0 Å². The zero-order valence-corrected chi connectivity index (χ0v) is 12.0. The average Bonchev–Trinajstić information content (AvgIpc) is 2.41. The second-order valence-corrected chi connectivity index (χ2v) is 5.11. The van der Waals surface area contributed by atoms with Crippen molar-refractivity contribution in [3.05, 3.63) is 29.8 Å². The number of aliphatic carboxylic acids is 1. The van der Waals surface area contributed by atoms with E-state index in [4.69, 9.17) is 10.4 Å². The number of aryl methyl sites for hydroxylation is 1. The van der Waals surface area contributed by atoms with Gasteiger partial charge < -0.3 is 10.0 Å². The zero-order chi connectivity index (χ0) is 15.0. The van der Waals surface area contributed by atoms with Gasteiger partial charge in [0.25, 0.3) is 0 Å². The van der Waals surface area contributed by atoms with E-state index in [0.29, 0.717) is 0 Å². The normalized spacial score (nSPS) is 9.80. The number of carboxylic acids is 1. The van der Waals surface area contributed by atoms with Crippen LogP contribution in [0.15, 0.2) is 24.3 Å². The molecule has 0 saturated heterocycles. The Morgan fingerprint density at radius 3 is 2.70 bits per heavy atom. The zero-order valence-electron chi connectivity index (χ0n) is 11.2. The third-order valence-electron chi connectivity index (χ3n) is 2.65. The molecule has 1 aromatic carbocycles. The molecule has 0 spiro atoms. The van der Waals surface area contributed by atoms with Crippen LogP contribution in [0, 0.1) is 18.3 Å². The first-order valence-electron chi connectivity index (χ1n) is 6.08. The number of nitriles is 1. The number of hydrogen-bond donors (Lipinski definition) is 1. The molecule has 0 bridgehead atoms. The van der Waals surface area contributed by atoms with Crippen molar-refractivity contribution in [1.82, 2.24) is 0 Å². The maximum atomic E-state index is 12.2. The number of carbonyl (C=O) groups is 2. The van der Waals surface area contributed by atoms with Crippen LogP contribution in [0.4, 0.5) is 5.69 Å². The molecule has 0 radical (unpaired) electrons. The van der Waals surface area contributed by atoms with Crippen LogP contribution in [0.25, 0.3) is 0 Å². The van der Waals surface area contributed by atoms with Crippen molar-refractivity contribution in [3.63, 3.8) is 0 Å². The molecular weight excluding hydrogens is 276 g/mol. The molecule has 5 nitrogen and oxygen atoms in total. The Morgan fingerprint density at radius 1 is 1.40 bits per heavy atom. The minimum Gasteiger partial charge on any atom is -0.481 e. The van der Waals surface area contributed by atoms with Gasteiger partial charge in [-0.05, 0) is 18.6 Å². The highest BCUT2D eigenvalue weighted by atomic mass is 32.2. The summed E-state index contributed by atoms with van der Waals surface area (Å²) in [7, 11) is 0. The summed E-state index contributed by atoms with van der Waals surface area (Å²) in [4.78, 5) is 24.4. The fourth-order valence-corrected chi connectivity index (χ4v) is 2.24. The van der Waals surface area contributed by atoms with Gasteiger partial charge in [-0.15, -0.1) is 11.8 Å². The van der Waals surface area contributed by atoms with E-state index in [1.54, 1.807) is 6.07 Å². The fourth-order valence-electron chi connectivity index (χ4n) is 1.72. The van der Waals surface area contributed by atoms with Gasteiger partial charge in [0.05, 0.1) is 24.0 Å². The number of benzene rings is 1. The molecule has 0 fully saturated rings. The third-order valence-corrected chi connectivity index (χ3v) is 3.43. The van der Waals surface area contributed by atoms with Crippen LogP contribution in [-0.2, 0) is 9.59 Å². The van der Waals surface area contributed by atoms with Crippen LogP contribution in [0.3, 0.4) is 0 Å². The summed E-state index contributed by atoms with van der Waals surface area (Å²) >= 11 is 1.22. The summed E-state index contributed by atoms with van der Waals surface area (Å²) in [6.45, 7) is 2.00. The molecule has 0 aliphatic carbocycles. The molecule has 1 amide bonds. The van der Waals surface area contributed by atoms with Crippen molar-refractivity contribution in [2.75, 3.05) is 23.0 Å². The number of thioether (sulfide) groups is 1. The molecule has 0 atom stereocenters. The molecule has 0 heterocycles. The SMILES string of the molecule is Cc1ccccc1N(CCC(=O)O)C(=O)CSCC#N. The van der Waals surface area contributed by atoms with Gasteiger partial charge in [0.15, 0.2) is 0 Å². The van der Waals surface area contributed by atoms with E-state index >= 15 is 0 Å². The third kappa shape index (κ3) is 4.94. The standard InChI is InChI=1S/C14H16N2O3S/c1-11-4-2-3-5-12(11)16(8-6-14(18)19)13(17)10-20-9-7-15/h2-5H,6,8-10H2,1H3,(H,18,19). The number of anilines is 1. The van der Waals surface area contributed by atoms with E-state index in [1.807, 2.05) is 31.2 Å². The van der Waals surface area contributed by atoms with Gasteiger partial charge in [-0.3, -0.25) is 9.59 Å². The predicted molar refractivity (Wildman–Crippen MR) is 78.7 cm³/mol. The van der Waals surface area contributed by atoms with E-state index in [0.717, 1.165) is 11.3 Å².